The van der Waals surface area contributed by atoms with Crippen LogP contribution in [0, 0.1) is 0 Å². The molecule has 0 bridgehead atoms. The van der Waals surface area contributed by atoms with Crippen LogP contribution in [0.25, 0.3) is 0 Å². The van der Waals surface area contributed by atoms with Gasteiger partial charge >= 0.3 is 0 Å². The molecule has 1 saturated heterocycles. The Hall–Kier alpha value is -1.78. The summed E-state index contributed by atoms with van der Waals surface area (Å²) in [5.41, 5.74) is 3.27. The summed E-state index contributed by atoms with van der Waals surface area (Å²) in [5.74, 6) is 0.989. The fourth-order valence-electron chi connectivity index (χ4n) is 3.40. The van der Waals surface area contributed by atoms with Crippen molar-refractivity contribution in [1.82, 2.24) is 10.2 Å². The predicted octanol–water partition coefficient (Wildman–Crippen LogP) is 4.12. The van der Waals surface area contributed by atoms with Crippen LogP contribution in [0.15, 0.2) is 54.6 Å². The standard InChI is InChI=1S/C21H26N2OS/c1-25-16-17-9-11-19(12-10-17)21(24)22-15-20(23-13-5-6-14-23)18-7-3-2-4-8-18/h2-4,7-12,20H,5-6,13-16H2,1H3,(H,22,24). The van der Waals surface area contributed by atoms with Crippen LogP contribution in [0.4, 0.5) is 0 Å². The Kier molecular flexibility index (Phi) is 6.54. The van der Waals surface area contributed by atoms with Crippen LogP contribution in [-0.4, -0.2) is 36.7 Å². The quantitative estimate of drug-likeness (QED) is 0.812. The number of benzene rings is 2. The highest BCUT2D eigenvalue weighted by molar-refractivity contribution is 7.97. The first-order valence-corrected chi connectivity index (χ1v) is 10.3. The molecular formula is C21H26N2OS. The van der Waals surface area contributed by atoms with Gasteiger partial charge < -0.3 is 5.32 Å². The third kappa shape index (κ3) is 4.86. The monoisotopic (exact) mass is 354 g/mol. The number of amides is 1. The lowest BCUT2D eigenvalue weighted by atomic mass is 10.1. The Morgan fingerprint density at radius 3 is 2.40 bits per heavy atom. The maximum Gasteiger partial charge on any atom is 0.251 e. The number of carbonyl (C=O) groups is 1. The zero-order valence-electron chi connectivity index (χ0n) is 14.8. The molecule has 0 aliphatic carbocycles. The molecule has 2 aromatic carbocycles. The van der Waals surface area contributed by atoms with Gasteiger partial charge in [0, 0.05) is 17.9 Å². The second-order valence-corrected chi connectivity index (χ2v) is 7.38. The number of nitrogens with one attached hydrogen (secondary N) is 1. The minimum absolute atomic E-state index is 0.0100. The van der Waals surface area contributed by atoms with Crippen molar-refractivity contribution in [2.75, 3.05) is 25.9 Å². The van der Waals surface area contributed by atoms with Gasteiger partial charge in [-0.2, -0.15) is 11.8 Å². The third-order valence-electron chi connectivity index (χ3n) is 4.75. The van der Waals surface area contributed by atoms with E-state index in [4.69, 9.17) is 0 Å². The van der Waals surface area contributed by atoms with E-state index in [2.05, 4.69) is 40.7 Å². The molecule has 0 saturated carbocycles. The van der Waals surface area contributed by atoms with Crippen LogP contribution in [0.2, 0.25) is 0 Å². The van der Waals surface area contributed by atoms with E-state index >= 15 is 0 Å². The van der Waals surface area contributed by atoms with Gasteiger partial charge in [-0.25, -0.2) is 0 Å². The molecule has 1 aliphatic heterocycles. The zero-order valence-corrected chi connectivity index (χ0v) is 15.6. The van der Waals surface area contributed by atoms with Crippen LogP contribution < -0.4 is 5.32 Å². The first kappa shape index (κ1) is 18.0. The minimum atomic E-state index is 0.0100. The first-order chi connectivity index (χ1) is 12.3. The van der Waals surface area contributed by atoms with Crippen molar-refractivity contribution < 1.29 is 4.79 Å². The van der Waals surface area contributed by atoms with Crippen molar-refractivity contribution in [2.24, 2.45) is 0 Å². The molecule has 1 atom stereocenters. The SMILES string of the molecule is CSCc1ccc(C(=O)NCC(c2ccccc2)N2CCCC2)cc1. The molecular weight excluding hydrogens is 328 g/mol. The lowest BCUT2D eigenvalue weighted by molar-refractivity contribution is 0.0938. The molecule has 4 heteroatoms. The maximum absolute atomic E-state index is 12.5. The zero-order chi connectivity index (χ0) is 17.5. The van der Waals surface area contributed by atoms with Gasteiger partial charge in [0.15, 0.2) is 0 Å². The number of nitrogens with zero attached hydrogens (tertiary/aromatic N) is 1. The van der Waals surface area contributed by atoms with Gasteiger partial charge in [-0.15, -0.1) is 0 Å². The summed E-state index contributed by atoms with van der Waals surface area (Å²) in [6, 6.07) is 18.7. The fourth-order valence-corrected chi connectivity index (χ4v) is 3.92. The van der Waals surface area contributed by atoms with Crippen LogP contribution in [0.5, 0.6) is 0 Å². The number of thioether (sulfide) groups is 1. The molecule has 0 spiro atoms. The van der Waals surface area contributed by atoms with Gasteiger partial charge in [0.25, 0.3) is 5.91 Å². The summed E-state index contributed by atoms with van der Waals surface area (Å²) in [6.45, 7) is 2.87. The second kappa shape index (κ2) is 9.07. The van der Waals surface area contributed by atoms with E-state index in [-0.39, 0.29) is 11.9 Å². The van der Waals surface area contributed by atoms with Gasteiger partial charge in [0.2, 0.25) is 0 Å². The highest BCUT2D eigenvalue weighted by Gasteiger charge is 2.23. The minimum Gasteiger partial charge on any atom is -0.350 e. The van der Waals surface area contributed by atoms with Crippen molar-refractivity contribution >= 4 is 17.7 Å². The normalized spacial score (nSPS) is 15.9. The molecule has 1 amide bonds. The maximum atomic E-state index is 12.5. The van der Waals surface area contributed by atoms with E-state index < -0.39 is 0 Å². The van der Waals surface area contributed by atoms with E-state index in [0.717, 1.165) is 24.4 Å². The van der Waals surface area contributed by atoms with Crippen LogP contribution in [0.1, 0.15) is 40.4 Å². The number of hydrogen-bond donors (Lipinski definition) is 1. The van der Waals surface area contributed by atoms with E-state index in [1.54, 1.807) is 11.8 Å². The Morgan fingerprint density at radius 1 is 1.08 bits per heavy atom. The Labute approximate surface area is 154 Å². The third-order valence-corrected chi connectivity index (χ3v) is 5.37. The number of rotatable bonds is 7. The van der Waals surface area contributed by atoms with Gasteiger partial charge in [-0.3, -0.25) is 9.69 Å². The molecule has 0 aromatic heterocycles. The molecule has 25 heavy (non-hydrogen) atoms. The van der Waals surface area contributed by atoms with Gasteiger partial charge in [-0.05, 0) is 55.4 Å². The topological polar surface area (TPSA) is 32.3 Å². The smallest absolute Gasteiger partial charge is 0.251 e. The van der Waals surface area contributed by atoms with E-state index in [1.807, 2.05) is 30.3 Å². The highest BCUT2D eigenvalue weighted by atomic mass is 32.2. The first-order valence-electron chi connectivity index (χ1n) is 8.93. The van der Waals surface area contributed by atoms with Gasteiger partial charge in [0.1, 0.15) is 0 Å². The average Bonchev–Trinajstić information content (AvgIpc) is 3.18. The largest absolute Gasteiger partial charge is 0.350 e. The molecule has 3 nitrogen and oxygen atoms in total. The lowest BCUT2D eigenvalue weighted by Gasteiger charge is -2.28. The van der Waals surface area contributed by atoms with Crippen LogP contribution in [-0.2, 0) is 5.75 Å². The summed E-state index contributed by atoms with van der Waals surface area (Å²) in [4.78, 5) is 15.0. The Morgan fingerprint density at radius 2 is 1.76 bits per heavy atom. The summed E-state index contributed by atoms with van der Waals surface area (Å²) < 4.78 is 0. The molecule has 1 unspecified atom stereocenters. The molecule has 1 aliphatic rings. The van der Waals surface area contributed by atoms with Crippen molar-refractivity contribution in [3.8, 4) is 0 Å². The van der Waals surface area contributed by atoms with Crippen molar-refractivity contribution in [3.05, 3.63) is 71.3 Å². The van der Waals surface area contributed by atoms with E-state index in [0.29, 0.717) is 6.54 Å². The summed E-state index contributed by atoms with van der Waals surface area (Å²) in [7, 11) is 0. The van der Waals surface area contributed by atoms with Crippen LogP contribution in [0.3, 0.4) is 0 Å². The summed E-state index contributed by atoms with van der Waals surface area (Å²) in [6.07, 6.45) is 4.57. The molecule has 0 radical (unpaired) electrons. The number of likely N-dealkylation sites (tertiary alicyclic amines) is 1. The lowest BCUT2D eigenvalue weighted by Crippen LogP contribution is -2.36. The van der Waals surface area contributed by atoms with Gasteiger partial charge in [0.05, 0.1) is 6.04 Å². The molecule has 2 aromatic rings. The van der Waals surface area contributed by atoms with Crippen LogP contribution >= 0.6 is 11.8 Å². The highest BCUT2D eigenvalue weighted by Crippen LogP contribution is 2.24. The van der Waals surface area contributed by atoms with Crippen molar-refractivity contribution in [3.63, 3.8) is 0 Å². The van der Waals surface area contributed by atoms with Crippen molar-refractivity contribution in [1.29, 1.82) is 0 Å². The molecule has 132 valence electrons. The number of carbonyl (C=O) groups excluding carboxylic acids is 1. The van der Waals surface area contributed by atoms with E-state index in [9.17, 15) is 4.79 Å². The summed E-state index contributed by atoms with van der Waals surface area (Å²) in [5, 5.41) is 3.14. The average molecular weight is 355 g/mol. The predicted molar refractivity (Wildman–Crippen MR) is 106 cm³/mol. The Balaban J connectivity index is 1.65. The van der Waals surface area contributed by atoms with Gasteiger partial charge in [-0.1, -0.05) is 42.5 Å². The van der Waals surface area contributed by atoms with Crippen molar-refractivity contribution in [2.45, 2.75) is 24.6 Å². The molecule has 1 heterocycles. The molecule has 1 N–H and O–H groups in total. The molecule has 3 rings (SSSR count). The summed E-state index contributed by atoms with van der Waals surface area (Å²) >= 11 is 1.79. The Bertz CT molecular complexity index is 666. The number of hydrogen-bond acceptors (Lipinski definition) is 3. The van der Waals surface area contributed by atoms with E-state index in [1.165, 1.54) is 24.0 Å². The molecule has 1 fully saturated rings. The second-order valence-electron chi connectivity index (χ2n) is 6.51. The fraction of sp³-hybridized carbons (Fsp3) is 0.381.